The van der Waals surface area contributed by atoms with Crippen LogP contribution in [0.4, 0.5) is 0 Å². The van der Waals surface area contributed by atoms with Crippen LogP contribution in [0.2, 0.25) is 0 Å². The third kappa shape index (κ3) is 6.93. The van der Waals surface area contributed by atoms with E-state index in [2.05, 4.69) is 82.2 Å². The molecule has 4 nitrogen and oxygen atoms in total. The summed E-state index contributed by atoms with van der Waals surface area (Å²) in [4.78, 5) is 6.89. The highest BCUT2D eigenvalue weighted by molar-refractivity contribution is 5.97. The van der Waals surface area contributed by atoms with E-state index in [0.29, 0.717) is 0 Å². The molecule has 37 heavy (non-hydrogen) atoms. The Morgan fingerprint density at radius 3 is 2.49 bits per heavy atom. The third-order valence-electron chi connectivity index (χ3n) is 7.57. The number of fused-ring (bicyclic) bond motifs is 1. The van der Waals surface area contributed by atoms with E-state index in [1.807, 2.05) is 18.6 Å². The fraction of sp³-hybridized carbons (Fsp3) is 0.355. The molecule has 0 bridgehead atoms. The van der Waals surface area contributed by atoms with Gasteiger partial charge in [-0.05, 0) is 52.9 Å². The first-order valence-corrected chi connectivity index (χ1v) is 12.9. The first-order chi connectivity index (χ1) is 17.2. The van der Waals surface area contributed by atoms with E-state index in [4.69, 9.17) is 0 Å². The molecule has 0 radical (unpaired) electrons. The summed E-state index contributed by atoms with van der Waals surface area (Å²) in [6, 6.07) is 23.6. The first-order valence-electron chi connectivity index (χ1n) is 12.9. The summed E-state index contributed by atoms with van der Waals surface area (Å²) in [5, 5.41) is 12.3. The van der Waals surface area contributed by atoms with Crippen LogP contribution >= 0.6 is 24.8 Å². The highest BCUT2D eigenvalue weighted by atomic mass is 35.5. The molecule has 0 aliphatic heterocycles. The molecule has 1 saturated carbocycles. The molecular weight excluding hydrogens is 499 g/mol. The van der Waals surface area contributed by atoms with Gasteiger partial charge in [0.15, 0.2) is 0 Å². The summed E-state index contributed by atoms with van der Waals surface area (Å²) in [6.45, 7) is 2.83. The number of benzene rings is 3. The minimum absolute atomic E-state index is 0. The van der Waals surface area contributed by atoms with Crippen LogP contribution in [0, 0.1) is 17.2 Å². The Balaban J connectivity index is 0.00000190. The fourth-order valence-corrected chi connectivity index (χ4v) is 5.55. The van der Waals surface area contributed by atoms with Gasteiger partial charge in [-0.15, -0.1) is 24.8 Å². The van der Waals surface area contributed by atoms with Crippen molar-refractivity contribution in [2.45, 2.75) is 51.6 Å². The van der Waals surface area contributed by atoms with Gasteiger partial charge < -0.3 is 4.57 Å². The molecule has 1 aromatic heterocycles. The number of nitriles is 1. The monoisotopic (exact) mass is 534 g/mol. The summed E-state index contributed by atoms with van der Waals surface area (Å²) >= 11 is 0. The van der Waals surface area contributed by atoms with Crippen LogP contribution in [0.25, 0.3) is 21.9 Å². The van der Waals surface area contributed by atoms with Crippen LogP contribution < -0.4 is 0 Å². The average molecular weight is 536 g/mol. The average Bonchev–Trinajstić information content (AvgIpc) is 3.31. The van der Waals surface area contributed by atoms with Gasteiger partial charge in [-0.1, -0.05) is 80.6 Å². The fourth-order valence-electron chi connectivity index (χ4n) is 5.55. The standard InChI is InChI=1S/C31H34N4.2ClH/c1-34-23-33-20-28(34)22-35(17-16-24-8-3-2-4-9-24)21-25-14-15-27(19-32)31(18-25)30-13-7-11-26-10-5-6-12-29(26)30;;/h5-7,10-15,18,20,23-24H,2-4,8-9,16-17,21-22H2,1H3;2*1H. The zero-order valence-electron chi connectivity index (χ0n) is 21.5. The predicted octanol–water partition coefficient (Wildman–Crippen LogP) is 7.93. The van der Waals surface area contributed by atoms with Crippen molar-refractivity contribution < 1.29 is 0 Å². The van der Waals surface area contributed by atoms with Crippen LogP contribution in [0.3, 0.4) is 0 Å². The zero-order chi connectivity index (χ0) is 24.0. The van der Waals surface area contributed by atoms with Crippen LogP contribution in [0.15, 0.2) is 73.2 Å². The second-order valence-electron chi connectivity index (χ2n) is 10.0. The molecule has 0 saturated heterocycles. The van der Waals surface area contributed by atoms with E-state index in [1.54, 1.807) is 0 Å². The van der Waals surface area contributed by atoms with Crippen molar-refractivity contribution in [1.82, 2.24) is 14.5 Å². The van der Waals surface area contributed by atoms with Gasteiger partial charge in [0, 0.05) is 31.9 Å². The van der Waals surface area contributed by atoms with Gasteiger partial charge >= 0.3 is 0 Å². The SMILES string of the molecule is Cl.Cl.Cn1cncc1CN(CCC1CCCCC1)Cc1ccc(C#N)c(-c2cccc3ccccc23)c1. The first kappa shape index (κ1) is 28.7. The topological polar surface area (TPSA) is 44.9 Å². The number of nitrogens with zero attached hydrogens (tertiary/aromatic N) is 4. The Kier molecular flexibility index (Phi) is 10.6. The molecule has 5 rings (SSSR count). The quantitative estimate of drug-likeness (QED) is 0.230. The highest BCUT2D eigenvalue weighted by Gasteiger charge is 2.17. The van der Waals surface area contributed by atoms with E-state index >= 15 is 0 Å². The maximum Gasteiger partial charge on any atom is 0.0998 e. The van der Waals surface area contributed by atoms with Gasteiger partial charge in [0.2, 0.25) is 0 Å². The Morgan fingerprint density at radius 1 is 0.946 bits per heavy atom. The summed E-state index contributed by atoms with van der Waals surface area (Å²) < 4.78 is 2.12. The number of hydrogen-bond donors (Lipinski definition) is 0. The minimum Gasteiger partial charge on any atom is -0.337 e. The Hall–Kier alpha value is -2.84. The molecule has 1 aliphatic carbocycles. The van der Waals surface area contributed by atoms with Crippen molar-refractivity contribution in [3.63, 3.8) is 0 Å². The number of halogens is 2. The molecule has 194 valence electrons. The van der Waals surface area contributed by atoms with Gasteiger partial charge in [0.25, 0.3) is 0 Å². The zero-order valence-corrected chi connectivity index (χ0v) is 23.1. The Labute approximate surface area is 233 Å². The van der Waals surface area contributed by atoms with E-state index in [1.165, 1.54) is 60.6 Å². The molecular formula is C31H36Cl2N4. The van der Waals surface area contributed by atoms with Gasteiger partial charge in [-0.3, -0.25) is 4.90 Å². The molecule has 6 heteroatoms. The van der Waals surface area contributed by atoms with E-state index in [-0.39, 0.29) is 24.8 Å². The number of aromatic nitrogens is 2. The lowest BCUT2D eigenvalue weighted by molar-refractivity contribution is 0.214. The summed E-state index contributed by atoms with van der Waals surface area (Å²) in [5.41, 5.74) is 5.36. The molecule has 0 atom stereocenters. The minimum atomic E-state index is 0. The smallest absolute Gasteiger partial charge is 0.0998 e. The lowest BCUT2D eigenvalue weighted by atomic mass is 9.87. The van der Waals surface area contributed by atoms with Crippen molar-refractivity contribution >= 4 is 35.6 Å². The van der Waals surface area contributed by atoms with Crippen molar-refractivity contribution in [1.29, 1.82) is 5.26 Å². The lowest BCUT2D eigenvalue weighted by Gasteiger charge is -2.27. The number of aryl methyl sites for hydroxylation is 1. The maximum atomic E-state index is 9.88. The summed E-state index contributed by atoms with van der Waals surface area (Å²) in [6.07, 6.45) is 12.0. The van der Waals surface area contributed by atoms with E-state index in [9.17, 15) is 5.26 Å². The van der Waals surface area contributed by atoms with E-state index < -0.39 is 0 Å². The number of hydrogen-bond acceptors (Lipinski definition) is 3. The molecule has 4 aromatic rings. The van der Waals surface area contributed by atoms with Gasteiger partial charge in [0.05, 0.1) is 23.7 Å². The lowest BCUT2D eigenvalue weighted by Crippen LogP contribution is -2.27. The van der Waals surface area contributed by atoms with E-state index in [0.717, 1.165) is 42.2 Å². The Bertz CT molecular complexity index is 1330. The Morgan fingerprint density at radius 2 is 1.73 bits per heavy atom. The van der Waals surface area contributed by atoms with Gasteiger partial charge in [-0.25, -0.2) is 4.98 Å². The molecule has 3 aromatic carbocycles. The summed E-state index contributed by atoms with van der Waals surface area (Å²) in [5.74, 6) is 0.852. The highest BCUT2D eigenvalue weighted by Crippen LogP contribution is 2.32. The molecule has 1 heterocycles. The number of rotatable bonds is 8. The number of imidazole rings is 1. The molecule has 0 amide bonds. The van der Waals surface area contributed by atoms with Crippen molar-refractivity contribution in [3.8, 4) is 17.2 Å². The van der Waals surface area contributed by atoms with Crippen LogP contribution in [0.1, 0.15) is 55.3 Å². The molecule has 1 aliphatic rings. The second kappa shape index (κ2) is 13.6. The van der Waals surface area contributed by atoms with Gasteiger partial charge in [-0.2, -0.15) is 5.26 Å². The van der Waals surface area contributed by atoms with Gasteiger partial charge in [0.1, 0.15) is 0 Å². The largest absolute Gasteiger partial charge is 0.337 e. The molecule has 0 unspecified atom stereocenters. The van der Waals surface area contributed by atoms with Crippen molar-refractivity contribution in [2.24, 2.45) is 13.0 Å². The summed E-state index contributed by atoms with van der Waals surface area (Å²) in [7, 11) is 2.07. The molecule has 0 spiro atoms. The van der Waals surface area contributed by atoms with Crippen molar-refractivity contribution in [3.05, 3.63) is 90.0 Å². The molecule has 1 fully saturated rings. The van der Waals surface area contributed by atoms with Crippen LogP contribution in [-0.4, -0.2) is 21.0 Å². The van der Waals surface area contributed by atoms with Crippen LogP contribution in [-0.2, 0) is 20.1 Å². The maximum absolute atomic E-state index is 9.88. The third-order valence-corrected chi connectivity index (χ3v) is 7.57. The molecule has 0 N–H and O–H groups in total. The van der Waals surface area contributed by atoms with Crippen molar-refractivity contribution in [2.75, 3.05) is 6.54 Å². The predicted molar refractivity (Wildman–Crippen MR) is 157 cm³/mol. The van der Waals surface area contributed by atoms with Crippen LogP contribution in [0.5, 0.6) is 0 Å². The normalized spacial score (nSPS) is 13.6. The second-order valence-corrected chi connectivity index (χ2v) is 10.0.